The van der Waals surface area contributed by atoms with Gasteiger partial charge in [-0.3, -0.25) is 0 Å². The van der Waals surface area contributed by atoms with Crippen molar-refractivity contribution in [3.63, 3.8) is 0 Å². The Morgan fingerprint density at radius 3 is 3.29 bits per heavy atom. The third-order valence-corrected chi connectivity index (χ3v) is 3.13. The van der Waals surface area contributed by atoms with Crippen LogP contribution in [0.5, 0.6) is 0 Å². The summed E-state index contributed by atoms with van der Waals surface area (Å²) in [5.74, 6) is 1.36. The minimum atomic E-state index is 0.616. The highest BCUT2D eigenvalue weighted by Gasteiger charge is 2.22. The van der Waals surface area contributed by atoms with Crippen molar-refractivity contribution in [2.75, 3.05) is 31.6 Å². The molecule has 1 aromatic rings. The zero-order chi connectivity index (χ0) is 12.1. The van der Waals surface area contributed by atoms with Gasteiger partial charge in [-0.15, -0.1) is 5.10 Å². The lowest BCUT2D eigenvalue weighted by molar-refractivity contribution is 0.400. The second-order valence-electron chi connectivity index (χ2n) is 4.39. The van der Waals surface area contributed by atoms with E-state index >= 15 is 0 Å². The molecule has 1 saturated heterocycles. The summed E-state index contributed by atoms with van der Waals surface area (Å²) in [4.78, 5) is 2.18. The number of nitrogens with zero attached hydrogens (tertiary/aromatic N) is 4. The summed E-state index contributed by atoms with van der Waals surface area (Å²) in [5.41, 5.74) is 0.616. The van der Waals surface area contributed by atoms with Gasteiger partial charge in [0.15, 0.2) is 5.82 Å². The average molecular weight is 231 g/mol. The lowest BCUT2D eigenvalue weighted by Gasteiger charge is -2.33. The van der Waals surface area contributed by atoms with E-state index in [2.05, 4.69) is 26.5 Å². The molecular weight excluding hydrogens is 214 g/mol. The first-order chi connectivity index (χ1) is 8.35. The van der Waals surface area contributed by atoms with Crippen molar-refractivity contribution in [1.82, 2.24) is 15.5 Å². The predicted molar refractivity (Wildman–Crippen MR) is 65.6 cm³/mol. The molecule has 1 aromatic heterocycles. The van der Waals surface area contributed by atoms with Crippen LogP contribution in [0, 0.1) is 17.2 Å². The van der Waals surface area contributed by atoms with Crippen molar-refractivity contribution in [2.45, 2.75) is 12.8 Å². The Morgan fingerprint density at radius 2 is 2.53 bits per heavy atom. The van der Waals surface area contributed by atoms with E-state index in [4.69, 9.17) is 5.26 Å². The summed E-state index contributed by atoms with van der Waals surface area (Å²) < 4.78 is 0. The third-order valence-electron chi connectivity index (χ3n) is 3.13. The Morgan fingerprint density at radius 1 is 1.65 bits per heavy atom. The van der Waals surface area contributed by atoms with Crippen molar-refractivity contribution in [2.24, 2.45) is 5.92 Å². The van der Waals surface area contributed by atoms with E-state index in [1.807, 2.05) is 7.05 Å². The molecule has 90 valence electrons. The maximum absolute atomic E-state index is 9.06. The molecule has 2 heterocycles. The van der Waals surface area contributed by atoms with Crippen LogP contribution in [0.2, 0.25) is 0 Å². The van der Waals surface area contributed by atoms with Crippen LogP contribution in [0.3, 0.4) is 0 Å². The van der Waals surface area contributed by atoms with Crippen LogP contribution in [-0.4, -0.2) is 36.9 Å². The van der Waals surface area contributed by atoms with Gasteiger partial charge < -0.3 is 10.2 Å². The van der Waals surface area contributed by atoms with E-state index in [0.717, 1.165) is 31.9 Å². The van der Waals surface area contributed by atoms with Crippen LogP contribution in [0.25, 0.3) is 0 Å². The van der Waals surface area contributed by atoms with E-state index in [1.165, 1.54) is 6.42 Å². The number of rotatable bonds is 3. The van der Waals surface area contributed by atoms with Crippen LogP contribution in [0.4, 0.5) is 5.82 Å². The fourth-order valence-corrected chi connectivity index (χ4v) is 2.36. The average Bonchev–Trinajstić information content (AvgIpc) is 2.39. The number of nitrogens with one attached hydrogen (secondary N) is 1. The molecule has 1 fully saturated rings. The molecule has 1 aliphatic rings. The quantitative estimate of drug-likeness (QED) is 0.833. The third kappa shape index (κ3) is 2.71. The van der Waals surface area contributed by atoms with Crippen molar-refractivity contribution in [1.29, 1.82) is 5.26 Å². The van der Waals surface area contributed by atoms with Gasteiger partial charge in [0.1, 0.15) is 6.07 Å². The maximum atomic E-state index is 9.06. The number of anilines is 1. The van der Waals surface area contributed by atoms with Crippen LogP contribution in [0.1, 0.15) is 18.4 Å². The zero-order valence-electron chi connectivity index (χ0n) is 10.1. The van der Waals surface area contributed by atoms with Gasteiger partial charge in [-0.2, -0.15) is 10.4 Å². The van der Waals surface area contributed by atoms with Gasteiger partial charge in [-0.1, -0.05) is 0 Å². The van der Waals surface area contributed by atoms with Gasteiger partial charge in [0, 0.05) is 13.1 Å². The monoisotopic (exact) mass is 231 g/mol. The number of piperidine rings is 1. The second-order valence-corrected chi connectivity index (χ2v) is 4.39. The highest BCUT2D eigenvalue weighted by molar-refractivity contribution is 5.52. The Balaban J connectivity index is 2.14. The summed E-state index contributed by atoms with van der Waals surface area (Å²) in [6.45, 7) is 2.93. The van der Waals surface area contributed by atoms with E-state index in [-0.39, 0.29) is 0 Å². The lowest BCUT2D eigenvalue weighted by Crippen LogP contribution is -2.39. The summed E-state index contributed by atoms with van der Waals surface area (Å²) in [7, 11) is 1.97. The number of nitriles is 1. The first kappa shape index (κ1) is 11.8. The van der Waals surface area contributed by atoms with Crippen LogP contribution < -0.4 is 10.2 Å². The largest absolute Gasteiger partial charge is 0.354 e. The molecule has 17 heavy (non-hydrogen) atoms. The summed E-state index contributed by atoms with van der Waals surface area (Å²) >= 11 is 0. The molecule has 1 unspecified atom stereocenters. The molecule has 0 radical (unpaired) electrons. The van der Waals surface area contributed by atoms with Crippen molar-refractivity contribution in [3.8, 4) is 6.07 Å². The molecule has 0 bridgehead atoms. The highest BCUT2D eigenvalue weighted by atomic mass is 15.3. The Labute approximate surface area is 101 Å². The van der Waals surface area contributed by atoms with E-state index < -0.39 is 0 Å². The predicted octanol–water partition coefficient (Wildman–Crippen LogP) is 0.784. The molecule has 0 aliphatic carbocycles. The number of hydrogen-bond acceptors (Lipinski definition) is 5. The molecule has 2 rings (SSSR count). The van der Waals surface area contributed by atoms with Crippen LogP contribution in [-0.2, 0) is 0 Å². The Kier molecular flexibility index (Phi) is 3.89. The normalized spacial score (nSPS) is 20.0. The second kappa shape index (κ2) is 5.60. The van der Waals surface area contributed by atoms with Gasteiger partial charge >= 0.3 is 0 Å². The molecule has 5 heteroatoms. The minimum absolute atomic E-state index is 0.616. The van der Waals surface area contributed by atoms with Gasteiger partial charge in [0.05, 0.1) is 11.8 Å². The van der Waals surface area contributed by atoms with Gasteiger partial charge in [-0.25, -0.2) is 0 Å². The first-order valence-electron chi connectivity index (χ1n) is 5.96. The minimum Gasteiger partial charge on any atom is -0.354 e. The lowest BCUT2D eigenvalue weighted by atomic mass is 9.98. The number of hydrogen-bond donors (Lipinski definition) is 1. The molecule has 1 atom stereocenters. The molecular formula is C12H17N5. The molecule has 0 spiro atoms. The fourth-order valence-electron chi connectivity index (χ4n) is 2.36. The van der Waals surface area contributed by atoms with Crippen LogP contribution in [0.15, 0.2) is 12.3 Å². The topological polar surface area (TPSA) is 64.8 Å². The van der Waals surface area contributed by atoms with E-state index in [1.54, 1.807) is 12.3 Å². The first-order valence-corrected chi connectivity index (χ1v) is 5.96. The molecule has 0 saturated carbocycles. The molecule has 0 aromatic carbocycles. The molecule has 1 N–H and O–H groups in total. The fraction of sp³-hybridized carbons (Fsp3) is 0.583. The summed E-state index contributed by atoms with van der Waals surface area (Å²) in [6.07, 6.45) is 3.95. The van der Waals surface area contributed by atoms with Gasteiger partial charge in [0.2, 0.25) is 0 Å². The summed E-state index contributed by atoms with van der Waals surface area (Å²) in [6, 6.07) is 3.91. The smallest absolute Gasteiger partial charge is 0.169 e. The maximum Gasteiger partial charge on any atom is 0.169 e. The van der Waals surface area contributed by atoms with Crippen LogP contribution >= 0.6 is 0 Å². The van der Waals surface area contributed by atoms with E-state index in [9.17, 15) is 0 Å². The summed E-state index contributed by atoms with van der Waals surface area (Å²) in [5, 5.41) is 20.3. The van der Waals surface area contributed by atoms with Gasteiger partial charge in [0.25, 0.3) is 0 Å². The van der Waals surface area contributed by atoms with Crippen molar-refractivity contribution in [3.05, 3.63) is 17.8 Å². The molecule has 5 nitrogen and oxygen atoms in total. The highest BCUT2D eigenvalue weighted by Crippen LogP contribution is 2.23. The van der Waals surface area contributed by atoms with Crippen molar-refractivity contribution < 1.29 is 0 Å². The van der Waals surface area contributed by atoms with E-state index in [0.29, 0.717) is 11.5 Å². The Bertz CT molecular complexity index is 410. The molecule has 0 amide bonds. The molecule has 1 aliphatic heterocycles. The zero-order valence-corrected chi connectivity index (χ0v) is 10.1. The Hall–Kier alpha value is -1.67. The SMILES string of the molecule is CNCC1CCCN(c2nnccc2C#N)C1. The van der Waals surface area contributed by atoms with Gasteiger partial charge in [-0.05, 0) is 38.4 Å². The standard InChI is InChI=1S/C12H17N5/c1-14-8-10-3-2-6-17(9-10)12-11(7-13)4-5-15-16-12/h4-5,10,14H,2-3,6,8-9H2,1H3. The number of aromatic nitrogens is 2. The van der Waals surface area contributed by atoms with Crippen molar-refractivity contribution >= 4 is 5.82 Å².